The number of nitrogens with zero attached hydrogens (tertiary/aromatic N) is 1. The number of hydrogen-bond acceptors (Lipinski definition) is 4. The van der Waals surface area contributed by atoms with Crippen molar-refractivity contribution in [1.82, 2.24) is 20.9 Å². The highest BCUT2D eigenvalue weighted by Gasteiger charge is 2.31. The molecule has 8 heteroatoms. The number of nitriles is 1. The first kappa shape index (κ1) is 23.3. The van der Waals surface area contributed by atoms with E-state index in [-0.39, 0.29) is 29.6 Å². The summed E-state index contributed by atoms with van der Waals surface area (Å²) in [6, 6.07) is 8.08. The topological polar surface area (TPSA) is 127 Å². The van der Waals surface area contributed by atoms with E-state index in [9.17, 15) is 19.6 Å². The smallest absolute Gasteiger partial charge is 0.268 e. The molecule has 2 aromatic rings. The summed E-state index contributed by atoms with van der Waals surface area (Å²) in [7, 11) is 0. The van der Waals surface area contributed by atoms with Gasteiger partial charge in [0, 0.05) is 23.4 Å². The van der Waals surface area contributed by atoms with Crippen LogP contribution in [0.4, 0.5) is 0 Å². The number of aromatic nitrogens is 1. The lowest BCUT2D eigenvalue weighted by atomic mass is 9.87. The van der Waals surface area contributed by atoms with Crippen molar-refractivity contribution < 1.29 is 14.4 Å². The van der Waals surface area contributed by atoms with Crippen molar-refractivity contribution in [3.05, 3.63) is 35.5 Å². The van der Waals surface area contributed by atoms with Gasteiger partial charge in [0.25, 0.3) is 5.91 Å². The number of carbonyl (C=O) groups excluding carboxylic acids is 3. The van der Waals surface area contributed by atoms with Crippen LogP contribution in [0.15, 0.2) is 24.3 Å². The second-order valence-electron chi connectivity index (χ2n) is 9.77. The molecule has 0 spiro atoms. The first-order valence-electron chi connectivity index (χ1n) is 10.9. The number of aryl methyl sites for hydroxylation is 1. The van der Waals surface area contributed by atoms with Gasteiger partial charge in [-0.25, -0.2) is 0 Å². The molecule has 0 bridgehead atoms. The van der Waals surface area contributed by atoms with E-state index >= 15 is 0 Å². The Bertz CT molecular complexity index is 1060. The van der Waals surface area contributed by atoms with E-state index in [1.807, 2.05) is 45.9 Å². The van der Waals surface area contributed by atoms with Crippen LogP contribution in [0.2, 0.25) is 0 Å². The summed E-state index contributed by atoms with van der Waals surface area (Å²) in [5.41, 5.74) is 2.07. The molecule has 1 aromatic heterocycles. The van der Waals surface area contributed by atoms with Gasteiger partial charge >= 0.3 is 0 Å². The predicted octanol–water partition coefficient (Wildman–Crippen LogP) is 2.55. The number of benzene rings is 1. The van der Waals surface area contributed by atoms with Crippen molar-refractivity contribution in [2.24, 2.45) is 11.3 Å². The summed E-state index contributed by atoms with van der Waals surface area (Å²) in [4.78, 5) is 40.9. The molecule has 3 rings (SSSR count). The number of H-pyrrole nitrogens is 1. The van der Waals surface area contributed by atoms with Crippen LogP contribution in [0.25, 0.3) is 10.9 Å². The summed E-state index contributed by atoms with van der Waals surface area (Å²) in [5.74, 6) is -1.18. The van der Waals surface area contributed by atoms with Crippen molar-refractivity contribution in [3.8, 4) is 6.07 Å². The van der Waals surface area contributed by atoms with Gasteiger partial charge in [0.15, 0.2) is 0 Å². The van der Waals surface area contributed by atoms with Crippen LogP contribution in [-0.2, 0) is 9.59 Å². The lowest BCUT2D eigenvalue weighted by Crippen LogP contribution is -2.51. The Hall–Kier alpha value is -3.34. The third-order valence-corrected chi connectivity index (χ3v) is 5.61. The van der Waals surface area contributed by atoms with Crippen LogP contribution in [0.1, 0.15) is 56.1 Å². The highest BCUT2D eigenvalue weighted by atomic mass is 16.2. The largest absolute Gasteiger partial charge is 0.356 e. The molecular weight excluding hydrogens is 406 g/mol. The Morgan fingerprint density at radius 3 is 2.62 bits per heavy atom. The summed E-state index contributed by atoms with van der Waals surface area (Å²) in [5, 5.41) is 18.7. The molecule has 0 saturated carbocycles. The zero-order valence-corrected chi connectivity index (χ0v) is 19.0. The number of rotatable bonds is 7. The van der Waals surface area contributed by atoms with E-state index in [4.69, 9.17) is 0 Å². The third kappa shape index (κ3) is 5.88. The van der Waals surface area contributed by atoms with Crippen molar-refractivity contribution in [2.75, 3.05) is 6.54 Å². The van der Waals surface area contributed by atoms with Gasteiger partial charge in [-0.15, -0.1) is 0 Å². The number of amides is 3. The second kappa shape index (κ2) is 9.43. The minimum Gasteiger partial charge on any atom is -0.356 e. The van der Waals surface area contributed by atoms with Crippen LogP contribution in [-0.4, -0.2) is 41.3 Å². The SMILES string of the molecule is Cc1ccc2[nH]c(C(=O)N[C@@H](CC(C)(C)C)C(=O)N[C@H](C#N)C[C@@H]3CCNC3=O)cc2c1. The lowest BCUT2D eigenvalue weighted by Gasteiger charge is -2.27. The van der Waals surface area contributed by atoms with Crippen LogP contribution in [0.3, 0.4) is 0 Å². The van der Waals surface area contributed by atoms with Gasteiger partial charge in [0.1, 0.15) is 17.8 Å². The van der Waals surface area contributed by atoms with Gasteiger partial charge in [-0.3, -0.25) is 14.4 Å². The summed E-state index contributed by atoms with van der Waals surface area (Å²) < 4.78 is 0. The van der Waals surface area contributed by atoms with Crippen molar-refractivity contribution >= 4 is 28.6 Å². The summed E-state index contributed by atoms with van der Waals surface area (Å²) >= 11 is 0. The van der Waals surface area contributed by atoms with Gasteiger partial charge in [-0.2, -0.15) is 5.26 Å². The molecule has 1 saturated heterocycles. The van der Waals surface area contributed by atoms with Crippen LogP contribution in [0, 0.1) is 29.6 Å². The van der Waals surface area contributed by atoms with E-state index < -0.39 is 18.0 Å². The third-order valence-electron chi connectivity index (χ3n) is 5.61. The van der Waals surface area contributed by atoms with Crippen molar-refractivity contribution in [1.29, 1.82) is 5.26 Å². The van der Waals surface area contributed by atoms with Crippen molar-refractivity contribution in [3.63, 3.8) is 0 Å². The molecule has 0 unspecified atom stereocenters. The molecule has 170 valence electrons. The fourth-order valence-electron chi connectivity index (χ4n) is 4.00. The van der Waals surface area contributed by atoms with Crippen LogP contribution >= 0.6 is 0 Å². The zero-order chi connectivity index (χ0) is 23.5. The van der Waals surface area contributed by atoms with Gasteiger partial charge < -0.3 is 20.9 Å². The Morgan fingerprint density at radius 1 is 1.25 bits per heavy atom. The summed E-state index contributed by atoms with van der Waals surface area (Å²) in [6.45, 7) is 8.51. The number of nitrogens with one attached hydrogen (secondary N) is 4. The second-order valence-corrected chi connectivity index (χ2v) is 9.77. The molecular formula is C24H31N5O3. The Kier molecular flexibility index (Phi) is 6.87. The van der Waals surface area contributed by atoms with E-state index in [2.05, 4.69) is 27.0 Å². The minimum absolute atomic E-state index is 0.0897. The maximum Gasteiger partial charge on any atom is 0.268 e. The Morgan fingerprint density at radius 2 is 2.00 bits per heavy atom. The fraction of sp³-hybridized carbons (Fsp3) is 0.500. The van der Waals surface area contributed by atoms with E-state index in [0.29, 0.717) is 25.1 Å². The molecule has 1 aromatic carbocycles. The van der Waals surface area contributed by atoms with Gasteiger partial charge in [0.2, 0.25) is 11.8 Å². The molecule has 2 heterocycles. The first-order valence-corrected chi connectivity index (χ1v) is 10.9. The number of carbonyl (C=O) groups is 3. The molecule has 0 aliphatic carbocycles. The molecule has 0 radical (unpaired) electrons. The van der Waals surface area contributed by atoms with Crippen LogP contribution < -0.4 is 16.0 Å². The molecule has 32 heavy (non-hydrogen) atoms. The summed E-state index contributed by atoms with van der Waals surface area (Å²) in [6.07, 6.45) is 1.30. The normalized spacial score (nSPS) is 18.0. The monoisotopic (exact) mass is 437 g/mol. The minimum atomic E-state index is -0.816. The molecule has 1 fully saturated rings. The molecule has 1 aliphatic rings. The van der Waals surface area contributed by atoms with Gasteiger partial charge in [0.05, 0.1) is 6.07 Å². The van der Waals surface area contributed by atoms with E-state index in [1.54, 1.807) is 6.07 Å². The zero-order valence-electron chi connectivity index (χ0n) is 19.0. The van der Waals surface area contributed by atoms with Crippen molar-refractivity contribution in [2.45, 2.75) is 59.0 Å². The number of hydrogen-bond donors (Lipinski definition) is 4. The quantitative estimate of drug-likeness (QED) is 0.531. The van der Waals surface area contributed by atoms with E-state index in [0.717, 1.165) is 16.5 Å². The number of fused-ring (bicyclic) bond motifs is 1. The standard InChI is InChI=1S/C24H31N5O3/c1-14-5-6-18-16(9-14)11-19(28-18)22(31)29-20(12-24(2,3)4)23(32)27-17(13-25)10-15-7-8-26-21(15)30/h5-6,9,11,15,17,20,28H,7-8,10,12H2,1-4H3,(H,26,30)(H,27,32)(H,29,31)/t15-,17-,20-/m0/s1. The number of aromatic amines is 1. The predicted molar refractivity (Wildman–Crippen MR) is 122 cm³/mol. The van der Waals surface area contributed by atoms with Gasteiger partial charge in [-0.1, -0.05) is 32.4 Å². The molecule has 3 amide bonds. The Labute approximate surface area is 188 Å². The molecule has 8 nitrogen and oxygen atoms in total. The van der Waals surface area contributed by atoms with E-state index in [1.165, 1.54) is 0 Å². The Balaban J connectivity index is 1.72. The first-order chi connectivity index (χ1) is 15.1. The fourth-order valence-corrected chi connectivity index (χ4v) is 4.00. The molecule has 1 aliphatic heterocycles. The molecule has 3 atom stereocenters. The average Bonchev–Trinajstić information content (AvgIpc) is 3.31. The van der Waals surface area contributed by atoms with Gasteiger partial charge in [-0.05, 0) is 49.8 Å². The maximum absolute atomic E-state index is 13.0. The molecule has 4 N–H and O–H groups in total. The maximum atomic E-state index is 13.0. The average molecular weight is 438 g/mol. The highest BCUT2D eigenvalue weighted by Crippen LogP contribution is 2.23. The highest BCUT2D eigenvalue weighted by molar-refractivity contribution is 6.00. The van der Waals surface area contributed by atoms with Crippen LogP contribution in [0.5, 0.6) is 0 Å². The lowest BCUT2D eigenvalue weighted by molar-refractivity contribution is -0.125.